The lowest BCUT2D eigenvalue weighted by atomic mass is 9.90. The van der Waals surface area contributed by atoms with E-state index in [0.717, 1.165) is 19.6 Å². The van der Waals surface area contributed by atoms with Gasteiger partial charge in [0, 0.05) is 13.1 Å². The Morgan fingerprint density at radius 3 is 2.54 bits per heavy atom. The number of hydrogen-bond donors (Lipinski definition) is 0. The van der Waals surface area contributed by atoms with Crippen LogP contribution in [-0.4, -0.2) is 36.2 Å². The first-order valence-corrected chi connectivity index (χ1v) is 4.49. The first-order chi connectivity index (χ1) is 6.26. The third-order valence-corrected chi connectivity index (χ3v) is 2.60. The molecule has 1 rings (SSSR count). The molecule has 70 valence electrons. The van der Waals surface area contributed by atoms with E-state index in [9.17, 15) is 4.79 Å². The van der Waals surface area contributed by atoms with Gasteiger partial charge in [0.2, 0.25) is 6.08 Å². The minimum absolute atomic E-state index is 0.645. The molecule has 0 N–H and O–H groups in total. The van der Waals surface area contributed by atoms with E-state index in [1.807, 2.05) is 0 Å². The van der Waals surface area contributed by atoms with E-state index in [0.29, 0.717) is 12.8 Å². The highest BCUT2D eigenvalue weighted by Crippen LogP contribution is 2.24. The van der Waals surface area contributed by atoms with Gasteiger partial charge < -0.3 is 4.90 Å². The fourth-order valence-corrected chi connectivity index (χ4v) is 1.58. The van der Waals surface area contributed by atoms with Crippen molar-refractivity contribution in [2.45, 2.75) is 25.3 Å². The number of isocyanates is 1. The average molecular weight is 179 g/mol. The number of piperidine rings is 1. The molecule has 4 nitrogen and oxygen atoms in total. The highest BCUT2D eigenvalue weighted by atomic mass is 16.1. The standard InChI is InChI=1S/C9H13N3O/c1-2-12-5-3-9(7-10,4-6-12)11-8-13/h2-6H2,1H3. The van der Waals surface area contributed by atoms with Crippen molar-refractivity contribution in [2.75, 3.05) is 19.6 Å². The fourth-order valence-electron chi connectivity index (χ4n) is 1.58. The highest BCUT2D eigenvalue weighted by molar-refractivity contribution is 5.37. The highest BCUT2D eigenvalue weighted by Gasteiger charge is 2.33. The molecule has 13 heavy (non-hydrogen) atoms. The summed E-state index contributed by atoms with van der Waals surface area (Å²) < 4.78 is 0. The van der Waals surface area contributed by atoms with Crippen LogP contribution in [0.1, 0.15) is 19.8 Å². The molecule has 0 atom stereocenters. The second kappa shape index (κ2) is 4.18. The van der Waals surface area contributed by atoms with Crippen LogP contribution in [0.4, 0.5) is 0 Å². The van der Waals surface area contributed by atoms with Crippen LogP contribution >= 0.6 is 0 Å². The third kappa shape index (κ3) is 2.15. The summed E-state index contributed by atoms with van der Waals surface area (Å²) in [6, 6.07) is 2.11. The Morgan fingerprint density at radius 2 is 2.15 bits per heavy atom. The molecule has 0 spiro atoms. The first kappa shape index (κ1) is 9.91. The summed E-state index contributed by atoms with van der Waals surface area (Å²) in [5, 5.41) is 8.89. The second-order valence-electron chi connectivity index (χ2n) is 3.28. The summed E-state index contributed by atoms with van der Waals surface area (Å²) in [5.41, 5.74) is -0.784. The van der Waals surface area contributed by atoms with Crippen LogP contribution in [-0.2, 0) is 4.79 Å². The fraction of sp³-hybridized carbons (Fsp3) is 0.778. The van der Waals surface area contributed by atoms with Crippen LogP contribution in [0.25, 0.3) is 0 Å². The molecule has 1 saturated heterocycles. The summed E-state index contributed by atoms with van der Waals surface area (Å²) in [7, 11) is 0. The smallest absolute Gasteiger partial charge is 0.236 e. The lowest BCUT2D eigenvalue weighted by molar-refractivity contribution is 0.198. The van der Waals surface area contributed by atoms with Crippen LogP contribution in [0, 0.1) is 11.3 Å². The minimum atomic E-state index is -0.784. The van der Waals surface area contributed by atoms with Crippen molar-refractivity contribution in [1.29, 1.82) is 5.26 Å². The molecular formula is C9H13N3O. The summed E-state index contributed by atoms with van der Waals surface area (Å²) in [5.74, 6) is 0. The van der Waals surface area contributed by atoms with Crippen LogP contribution in [0.15, 0.2) is 4.99 Å². The Bertz CT molecular complexity index is 255. The van der Waals surface area contributed by atoms with Gasteiger partial charge in [0.25, 0.3) is 0 Å². The zero-order valence-electron chi connectivity index (χ0n) is 7.79. The molecule has 1 aliphatic rings. The average Bonchev–Trinajstić information content (AvgIpc) is 2.19. The summed E-state index contributed by atoms with van der Waals surface area (Å²) in [6.45, 7) is 4.76. The molecule has 0 unspecified atom stereocenters. The van der Waals surface area contributed by atoms with Gasteiger partial charge in [-0.1, -0.05) is 6.92 Å². The number of hydrogen-bond acceptors (Lipinski definition) is 4. The molecule has 0 saturated carbocycles. The van der Waals surface area contributed by atoms with Gasteiger partial charge in [0.1, 0.15) is 0 Å². The predicted octanol–water partition coefficient (Wildman–Crippen LogP) is 0.700. The Morgan fingerprint density at radius 1 is 1.54 bits per heavy atom. The maximum Gasteiger partial charge on any atom is 0.236 e. The van der Waals surface area contributed by atoms with Crippen molar-refractivity contribution >= 4 is 6.08 Å². The number of aliphatic imine (C=N–C) groups is 1. The zero-order valence-corrected chi connectivity index (χ0v) is 7.79. The van der Waals surface area contributed by atoms with Gasteiger partial charge in [-0.05, 0) is 19.4 Å². The summed E-state index contributed by atoms with van der Waals surface area (Å²) in [6.07, 6.45) is 2.79. The number of likely N-dealkylation sites (tertiary alicyclic amines) is 1. The number of carbonyl (C=O) groups excluding carboxylic acids is 1. The van der Waals surface area contributed by atoms with Gasteiger partial charge in [-0.3, -0.25) is 0 Å². The molecule has 1 heterocycles. The van der Waals surface area contributed by atoms with Gasteiger partial charge in [-0.15, -0.1) is 0 Å². The van der Waals surface area contributed by atoms with Crippen LogP contribution in [0.5, 0.6) is 0 Å². The van der Waals surface area contributed by atoms with E-state index in [1.54, 1.807) is 0 Å². The lowest BCUT2D eigenvalue weighted by Crippen LogP contribution is -2.42. The van der Waals surface area contributed by atoms with Crippen LogP contribution in [0.3, 0.4) is 0 Å². The molecule has 0 aliphatic carbocycles. The molecule has 0 aromatic heterocycles. The Kier molecular flexibility index (Phi) is 3.18. The van der Waals surface area contributed by atoms with Crippen molar-refractivity contribution in [2.24, 2.45) is 4.99 Å². The number of nitrogens with zero attached hydrogens (tertiary/aromatic N) is 3. The van der Waals surface area contributed by atoms with Gasteiger partial charge in [-0.25, -0.2) is 4.79 Å². The van der Waals surface area contributed by atoms with Gasteiger partial charge >= 0.3 is 0 Å². The SMILES string of the molecule is CCN1CCC(C#N)(N=C=O)CC1. The van der Waals surface area contributed by atoms with Gasteiger partial charge in [-0.2, -0.15) is 10.3 Å². The summed E-state index contributed by atoms with van der Waals surface area (Å²) >= 11 is 0. The monoisotopic (exact) mass is 179 g/mol. The van der Waals surface area contributed by atoms with Crippen molar-refractivity contribution in [3.63, 3.8) is 0 Å². The largest absolute Gasteiger partial charge is 0.303 e. The summed E-state index contributed by atoms with van der Waals surface area (Å²) in [4.78, 5) is 16.0. The minimum Gasteiger partial charge on any atom is -0.303 e. The molecule has 0 bridgehead atoms. The molecule has 1 aliphatic heterocycles. The van der Waals surface area contributed by atoms with E-state index in [-0.39, 0.29) is 0 Å². The maximum absolute atomic E-state index is 10.1. The maximum atomic E-state index is 10.1. The molecule has 0 aromatic rings. The number of rotatable bonds is 2. The van der Waals surface area contributed by atoms with Crippen molar-refractivity contribution in [3.05, 3.63) is 0 Å². The van der Waals surface area contributed by atoms with E-state index < -0.39 is 5.54 Å². The lowest BCUT2D eigenvalue weighted by Gasteiger charge is -2.32. The van der Waals surface area contributed by atoms with Gasteiger partial charge in [0.05, 0.1) is 6.07 Å². The van der Waals surface area contributed by atoms with E-state index in [1.165, 1.54) is 6.08 Å². The number of nitriles is 1. The first-order valence-electron chi connectivity index (χ1n) is 4.49. The van der Waals surface area contributed by atoms with E-state index in [2.05, 4.69) is 22.9 Å². The topological polar surface area (TPSA) is 56.5 Å². The van der Waals surface area contributed by atoms with Crippen molar-refractivity contribution < 1.29 is 4.79 Å². The quantitative estimate of drug-likeness (QED) is 0.463. The van der Waals surface area contributed by atoms with E-state index >= 15 is 0 Å². The molecule has 4 heteroatoms. The Hall–Kier alpha value is -1.17. The van der Waals surface area contributed by atoms with E-state index in [4.69, 9.17) is 5.26 Å². The molecular weight excluding hydrogens is 166 g/mol. The van der Waals surface area contributed by atoms with Crippen LogP contribution in [0.2, 0.25) is 0 Å². The molecule has 0 radical (unpaired) electrons. The van der Waals surface area contributed by atoms with Crippen molar-refractivity contribution in [3.8, 4) is 6.07 Å². The Labute approximate surface area is 77.9 Å². The molecule has 1 fully saturated rings. The Balaban J connectivity index is 2.64. The normalized spacial score (nSPS) is 21.5. The van der Waals surface area contributed by atoms with Crippen molar-refractivity contribution in [1.82, 2.24) is 4.90 Å². The molecule has 0 amide bonds. The molecule has 0 aromatic carbocycles. The van der Waals surface area contributed by atoms with Crippen LogP contribution < -0.4 is 0 Å². The zero-order chi connectivity index (χ0) is 9.73. The third-order valence-electron chi connectivity index (χ3n) is 2.60. The predicted molar refractivity (Wildman–Crippen MR) is 47.8 cm³/mol. The second-order valence-corrected chi connectivity index (χ2v) is 3.28. The van der Waals surface area contributed by atoms with Gasteiger partial charge in [0.15, 0.2) is 5.54 Å².